The number of hydrogen-bond donors (Lipinski definition) is 2. The average Bonchev–Trinajstić information content (AvgIpc) is 3.09. The van der Waals surface area contributed by atoms with Crippen molar-refractivity contribution in [3.05, 3.63) is 40.9 Å². The maximum absolute atomic E-state index is 6.01. The normalized spacial score (nSPS) is 17.1. The second-order valence-corrected chi connectivity index (χ2v) is 7.40. The van der Waals surface area contributed by atoms with E-state index in [1.165, 1.54) is 0 Å². The third kappa shape index (κ3) is 7.02. The monoisotopic (exact) mass is 532 g/mol. The number of nitrogens with zero attached hydrogens (tertiary/aromatic N) is 4. The summed E-state index contributed by atoms with van der Waals surface area (Å²) in [6, 6.07) is 7.70. The van der Waals surface area contributed by atoms with Gasteiger partial charge in [0.25, 0.3) is 0 Å². The van der Waals surface area contributed by atoms with Crippen LogP contribution in [0.4, 0.5) is 0 Å². The number of halogens is 2. The van der Waals surface area contributed by atoms with Crippen molar-refractivity contribution in [1.29, 1.82) is 0 Å². The van der Waals surface area contributed by atoms with Gasteiger partial charge in [0.15, 0.2) is 11.8 Å². The van der Waals surface area contributed by atoms with Crippen molar-refractivity contribution < 1.29 is 4.74 Å². The van der Waals surface area contributed by atoms with Crippen molar-refractivity contribution in [3.8, 4) is 5.75 Å². The van der Waals surface area contributed by atoms with Gasteiger partial charge in [-0.05, 0) is 38.5 Å². The topological polar surface area (TPSA) is 76.4 Å². The molecule has 0 saturated carbocycles. The number of aliphatic imine (C=N–C) groups is 1. The molecule has 0 saturated heterocycles. The Kier molecular flexibility index (Phi) is 9.48. The Morgan fingerprint density at radius 1 is 1.41 bits per heavy atom. The van der Waals surface area contributed by atoms with Crippen LogP contribution in [0, 0.1) is 0 Å². The molecule has 2 unspecified atom stereocenters. The van der Waals surface area contributed by atoms with Crippen LogP contribution in [-0.4, -0.2) is 46.0 Å². The van der Waals surface area contributed by atoms with E-state index in [2.05, 4.69) is 34.6 Å². The van der Waals surface area contributed by atoms with Gasteiger partial charge >= 0.3 is 0 Å². The lowest BCUT2D eigenvalue weighted by molar-refractivity contribution is 0.230. The Hall–Kier alpha value is -1.55. The Morgan fingerprint density at radius 3 is 2.97 bits per heavy atom. The van der Waals surface area contributed by atoms with E-state index in [0.717, 1.165) is 55.7 Å². The largest absolute Gasteiger partial charge is 0.489 e. The number of ether oxygens (including phenoxy) is 1. The molecule has 0 aliphatic carbocycles. The molecule has 0 amide bonds. The van der Waals surface area contributed by atoms with Gasteiger partial charge in [0, 0.05) is 30.5 Å². The minimum absolute atomic E-state index is 0. The minimum atomic E-state index is -0.0608. The van der Waals surface area contributed by atoms with Crippen LogP contribution in [0.2, 0.25) is 5.02 Å². The van der Waals surface area contributed by atoms with Gasteiger partial charge < -0.3 is 15.4 Å². The van der Waals surface area contributed by atoms with E-state index in [9.17, 15) is 0 Å². The fourth-order valence-electron chi connectivity index (χ4n) is 3.17. The van der Waals surface area contributed by atoms with Crippen molar-refractivity contribution in [1.82, 2.24) is 25.4 Å². The highest BCUT2D eigenvalue weighted by Gasteiger charge is 2.22. The summed E-state index contributed by atoms with van der Waals surface area (Å²) in [6.07, 6.45) is 2.75. The van der Waals surface area contributed by atoms with Crippen LogP contribution in [0.1, 0.15) is 38.8 Å². The first-order valence-corrected chi connectivity index (χ1v) is 10.3. The molecule has 2 heterocycles. The van der Waals surface area contributed by atoms with Crippen molar-refractivity contribution in [3.63, 3.8) is 0 Å². The molecule has 1 aliphatic rings. The lowest BCUT2D eigenvalue weighted by atomic mass is 10.1. The van der Waals surface area contributed by atoms with Crippen LogP contribution in [0.5, 0.6) is 5.75 Å². The van der Waals surface area contributed by atoms with Gasteiger partial charge in [0.05, 0.1) is 13.1 Å². The molecule has 160 valence electrons. The van der Waals surface area contributed by atoms with Gasteiger partial charge in [0.1, 0.15) is 17.7 Å². The van der Waals surface area contributed by atoms with Crippen molar-refractivity contribution in [2.45, 2.75) is 58.7 Å². The van der Waals surface area contributed by atoms with Gasteiger partial charge in [-0.1, -0.05) is 24.6 Å². The van der Waals surface area contributed by atoms with E-state index in [4.69, 9.17) is 21.3 Å². The molecule has 0 radical (unpaired) electrons. The van der Waals surface area contributed by atoms with Crippen LogP contribution in [-0.2, 0) is 19.4 Å². The summed E-state index contributed by atoms with van der Waals surface area (Å²) in [5.74, 6) is 3.56. The molecule has 7 nitrogen and oxygen atoms in total. The maximum Gasteiger partial charge on any atom is 0.191 e. The first kappa shape index (κ1) is 23.7. The zero-order valence-electron chi connectivity index (χ0n) is 17.2. The van der Waals surface area contributed by atoms with E-state index in [0.29, 0.717) is 11.6 Å². The van der Waals surface area contributed by atoms with Crippen LogP contribution < -0.4 is 15.4 Å². The molecule has 2 atom stereocenters. The Balaban J connectivity index is 0.00000300. The van der Waals surface area contributed by atoms with Crippen molar-refractivity contribution in [2.24, 2.45) is 4.99 Å². The molecule has 0 bridgehead atoms. The highest BCUT2D eigenvalue weighted by atomic mass is 127. The summed E-state index contributed by atoms with van der Waals surface area (Å²) < 4.78 is 7.93. The summed E-state index contributed by atoms with van der Waals surface area (Å²) >= 11 is 6.01. The fourth-order valence-corrected chi connectivity index (χ4v) is 3.35. The van der Waals surface area contributed by atoms with Gasteiger partial charge in [-0.15, -0.1) is 24.0 Å². The van der Waals surface area contributed by atoms with Gasteiger partial charge in [-0.2, -0.15) is 5.10 Å². The summed E-state index contributed by atoms with van der Waals surface area (Å²) in [5, 5.41) is 12.1. The van der Waals surface area contributed by atoms with Gasteiger partial charge in [0.2, 0.25) is 0 Å². The molecule has 9 heteroatoms. The molecule has 1 aromatic carbocycles. The molecule has 2 aromatic rings. The lowest BCUT2D eigenvalue weighted by Crippen LogP contribution is -2.47. The number of nitrogens with one attached hydrogen (secondary N) is 2. The Bertz CT molecular complexity index is 812. The second-order valence-electron chi connectivity index (χ2n) is 6.97. The van der Waals surface area contributed by atoms with Gasteiger partial charge in [-0.3, -0.25) is 0 Å². The quantitative estimate of drug-likeness (QED) is 0.325. The number of aromatic nitrogens is 3. The maximum atomic E-state index is 6.01. The molecular formula is C20H30ClIN6O. The minimum Gasteiger partial charge on any atom is -0.489 e. The van der Waals surface area contributed by atoms with Crippen molar-refractivity contribution >= 4 is 41.5 Å². The smallest absolute Gasteiger partial charge is 0.191 e. The molecule has 1 aromatic heterocycles. The van der Waals surface area contributed by atoms with E-state index in [-0.39, 0.29) is 36.1 Å². The predicted molar refractivity (Wildman–Crippen MR) is 128 cm³/mol. The average molecular weight is 533 g/mol. The van der Waals surface area contributed by atoms with E-state index >= 15 is 0 Å². The van der Waals surface area contributed by atoms with Crippen LogP contribution in [0.15, 0.2) is 29.3 Å². The predicted octanol–water partition coefficient (Wildman–Crippen LogP) is 3.45. The van der Waals surface area contributed by atoms with Crippen molar-refractivity contribution in [2.75, 3.05) is 13.1 Å². The molecule has 2 N–H and O–H groups in total. The summed E-state index contributed by atoms with van der Waals surface area (Å²) in [4.78, 5) is 9.27. The fraction of sp³-hybridized carbons (Fsp3) is 0.550. The molecule has 3 rings (SSSR count). The van der Waals surface area contributed by atoms with E-state index < -0.39 is 0 Å². The SMILES string of the molecule is CCNC(=NCC(C)Oc1cccc(Cl)c1)NC1CCc2nc(CC)nn2C1.I. The highest BCUT2D eigenvalue weighted by molar-refractivity contribution is 14.0. The standard InChI is InChI=1S/C20H29ClN6O.HI/c1-4-18-25-19-10-9-16(13-27(19)26-18)24-20(22-5-2)23-12-14(3)28-17-8-6-7-15(21)11-17;/h6-8,11,14,16H,4-5,9-10,12-13H2,1-3H3,(H2,22,23,24);1H. The number of guanidine groups is 1. The molecule has 0 fully saturated rings. The number of aryl methyl sites for hydroxylation is 2. The summed E-state index contributed by atoms with van der Waals surface area (Å²) in [6.45, 7) is 8.30. The summed E-state index contributed by atoms with van der Waals surface area (Å²) in [5.41, 5.74) is 0. The van der Waals surface area contributed by atoms with Crippen LogP contribution in [0.25, 0.3) is 0 Å². The number of rotatable bonds is 7. The molecule has 29 heavy (non-hydrogen) atoms. The number of hydrogen-bond acceptors (Lipinski definition) is 4. The zero-order valence-corrected chi connectivity index (χ0v) is 20.3. The lowest BCUT2D eigenvalue weighted by Gasteiger charge is -2.25. The van der Waals surface area contributed by atoms with Crippen LogP contribution >= 0.6 is 35.6 Å². The highest BCUT2D eigenvalue weighted by Crippen LogP contribution is 2.18. The first-order valence-electron chi connectivity index (χ1n) is 9.97. The van der Waals surface area contributed by atoms with Crippen LogP contribution in [0.3, 0.4) is 0 Å². The Labute approximate surface area is 194 Å². The molecular weight excluding hydrogens is 503 g/mol. The third-order valence-corrected chi connectivity index (χ3v) is 4.78. The first-order chi connectivity index (χ1) is 13.6. The number of fused-ring (bicyclic) bond motifs is 1. The van der Waals surface area contributed by atoms with E-state index in [1.54, 1.807) is 0 Å². The molecule has 1 aliphatic heterocycles. The summed E-state index contributed by atoms with van der Waals surface area (Å²) in [7, 11) is 0. The Morgan fingerprint density at radius 2 is 2.24 bits per heavy atom. The third-order valence-electron chi connectivity index (χ3n) is 4.54. The number of benzene rings is 1. The second kappa shape index (κ2) is 11.6. The van der Waals surface area contributed by atoms with E-state index in [1.807, 2.05) is 35.9 Å². The van der Waals surface area contributed by atoms with Gasteiger partial charge in [-0.25, -0.2) is 14.7 Å². The molecule has 0 spiro atoms. The zero-order chi connectivity index (χ0) is 19.9.